The number of anilines is 2. The standard InChI is InChI=1S/C22H17FN4O4S/c1-14(28)24-16-9-11-18(12-10-16)32(29,30)27-17-6-4-5-15(13-17)21-25-22(31-26-21)19-7-2-3-8-20(19)23/h2-13,27H,1H3,(H,24,28). The third-order valence-electron chi connectivity index (χ3n) is 4.39. The number of hydrogen-bond donors (Lipinski definition) is 2. The molecular weight excluding hydrogens is 435 g/mol. The molecule has 0 atom stereocenters. The molecule has 0 spiro atoms. The summed E-state index contributed by atoms with van der Waals surface area (Å²) in [5, 5.41) is 6.44. The number of carbonyl (C=O) groups excluding carboxylic acids is 1. The molecule has 0 aliphatic heterocycles. The van der Waals surface area contributed by atoms with Gasteiger partial charge in [-0.2, -0.15) is 4.98 Å². The molecule has 0 radical (unpaired) electrons. The Morgan fingerprint density at radius 3 is 2.44 bits per heavy atom. The van der Waals surface area contributed by atoms with Crippen LogP contribution in [0.25, 0.3) is 22.8 Å². The quantitative estimate of drug-likeness (QED) is 0.451. The molecule has 2 N–H and O–H groups in total. The van der Waals surface area contributed by atoms with Gasteiger partial charge in [0.05, 0.1) is 10.5 Å². The molecule has 0 aliphatic rings. The van der Waals surface area contributed by atoms with Crippen molar-refractivity contribution in [1.29, 1.82) is 0 Å². The first-order chi connectivity index (χ1) is 15.3. The zero-order valence-corrected chi connectivity index (χ0v) is 17.6. The third-order valence-corrected chi connectivity index (χ3v) is 5.79. The highest BCUT2D eigenvalue weighted by molar-refractivity contribution is 7.92. The second kappa shape index (κ2) is 8.60. The Labute approximate surface area is 183 Å². The minimum absolute atomic E-state index is 0.0170. The van der Waals surface area contributed by atoms with E-state index in [-0.39, 0.29) is 33.8 Å². The number of halogens is 1. The summed E-state index contributed by atoms with van der Waals surface area (Å²) >= 11 is 0. The van der Waals surface area contributed by atoms with Crippen LogP contribution in [0.4, 0.5) is 15.8 Å². The SMILES string of the molecule is CC(=O)Nc1ccc(S(=O)(=O)Nc2cccc(-c3noc(-c4ccccc4F)n3)c2)cc1. The van der Waals surface area contributed by atoms with E-state index in [0.717, 1.165) is 0 Å². The summed E-state index contributed by atoms with van der Waals surface area (Å²) in [6.07, 6.45) is 0. The van der Waals surface area contributed by atoms with Gasteiger partial charge in [-0.3, -0.25) is 9.52 Å². The minimum atomic E-state index is -3.88. The van der Waals surface area contributed by atoms with Crippen molar-refractivity contribution in [3.05, 3.63) is 78.6 Å². The summed E-state index contributed by atoms with van der Waals surface area (Å²) in [6.45, 7) is 1.36. The van der Waals surface area contributed by atoms with Crippen molar-refractivity contribution in [2.45, 2.75) is 11.8 Å². The van der Waals surface area contributed by atoms with Crippen molar-refractivity contribution in [3.8, 4) is 22.8 Å². The van der Waals surface area contributed by atoms with E-state index in [9.17, 15) is 17.6 Å². The van der Waals surface area contributed by atoms with Crippen LogP contribution in [-0.2, 0) is 14.8 Å². The van der Waals surface area contributed by atoms with Crippen LogP contribution in [0.3, 0.4) is 0 Å². The van der Waals surface area contributed by atoms with Crippen LogP contribution in [0.1, 0.15) is 6.92 Å². The van der Waals surface area contributed by atoms with Crippen LogP contribution < -0.4 is 10.0 Å². The molecule has 1 aromatic heterocycles. The number of carbonyl (C=O) groups is 1. The number of hydrogen-bond acceptors (Lipinski definition) is 6. The van der Waals surface area contributed by atoms with Crippen molar-refractivity contribution in [1.82, 2.24) is 10.1 Å². The molecule has 3 aromatic carbocycles. The van der Waals surface area contributed by atoms with E-state index in [0.29, 0.717) is 11.3 Å². The summed E-state index contributed by atoms with van der Waals surface area (Å²) in [5.41, 5.74) is 1.43. The topological polar surface area (TPSA) is 114 Å². The third kappa shape index (κ3) is 4.65. The van der Waals surface area contributed by atoms with Crippen LogP contribution >= 0.6 is 0 Å². The van der Waals surface area contributed by atoms with Crippen LogP contribution in [0.5, 0.6) is 0 Å². The van der Waals surface area contributed by atoms with Gasteiger partial charge < -0.3 is 9.84 Å². The summed E-state index contributed by atoms with van der Waals surface area (Å²) in [5.74, 6) is -0.545. The number of sulfonamides is 1. The lowest BCUT2D eigenvalue weighted by Crippen LogP contribution is -2.13. The fourth-order valence-electron chi connectivity index (χ4n) is 2.94. The van der Waals surface area contributed by atoms with E-state index >= 15 is 0 Å². The van der Waals surface area contributed by atoms with Crippen molar-refractivity contribution in [2.75, 3.05) is 10.0 Å². The summed E-state index contributed by atoms with van der Waals surface area (Å²) in [7, 11) is -3.88. The molecule has 162 valence electrons. The van der Waals surface area contributed by atoms with Crippen molar-refractivity contribution < 1.29 is 22.1 Å². The van der Waals surface area contributed by atoms with Gasteiger partial charge in [0, 0.05) is 23.9 Å². The van der Waals surface area contributed by atoms with Crippen LogP contribution in [-0.4, -0.2) is 24.5 Å². The Kier molecular flexibility index (Phi) is 5.69. The maximum absolute atomic E-state index is 14.0. The highest BCUT2D eigenvalue weighted by Crippen LogP contribution is 2.26. The van der Waals surface area contributed by atoms with Gasteiger partial charge in [-0.05, 0) is 48.5 Å². The maximum Gasteiger partial charge on any atom is 0.261 e. The summed E-state index contributed by atoms with van der Waals surface area (Å²) in [4.78, 5) is 15.3. The van der Waals surface area contributed by atoms with Gasteiger partial charge in [-0.25, -0.2) is 12.8 Å². The molecule has 1 heterocycles. The molecule has 0 saturated carbocycles. The highest BCUT2D eigenvalue weighted by Gasteiger charge is 2.17. The van der Waals surface area contributed by atoms with Crippen LogP contribution in [0.2, 0.25) is 0 Å². The first-order valence-electron chi connectivity index (χ1n) is 9.41. The monoisotopic (exact) mass is 452 g/mol. The lowest BCUT2D eigenvalue weighted by atomic mass is 10.2. The van der Waals surface area contributed by atoms with Gasteiger partial charge in [0.1, 0.15) is 5.82 Å². The number of nitrogens with one attached hydrogen (secondary N) is 2. The van der Waals surface area contributed by atoms with E-state index < -0.39 is 15.8 Å². The van der Waals surface area contributed by atoms with E-state index in [2.05, 4.69) is 20.2 Å². The van der Waals surface area contributed by atoms with E-state index in [1.165, 1.54) is 43.3 Å². The Morgan fingerprint density at radius 1 is 0.969 bits per heavy atom. The Hall–Kier alpha value is -4.05. The van der Waals surface area contributed by atoms with Gasteiger partial charge in [0.15, 0.2) is 0 Å². The number of aromatic nitrogens is 2. The molecule has 0 unspecified atom stereocenters. The number of benzene rings is 3. The molecule has 32 heavy (non-hydrogen) atoms. The average Bonchev–Trinajstić information content (AvgIpc) is 3.24. The van der Waals surface area contributed by atoms with E-state index in [4.69, 9.17) is 4.52 Å². The average molecular weight is 452 g/mol. The molecule has 0 aliphatic carbocycles. The molecule has 10 heteroatoms. The van der Waals surface area contributed by atoms with Crippen molar-refractivity contribution in [2.24, 2.45) is 0 Å². The predicted octanol–water partition coefficient (Wildman–Crippen LogP) is 4.30. The molecule has 0 fully saturated rings. The molecule has 1 amide bonds. The van der Waals surface area contributed by atoms with Crippen molar-refractivity contribution >= 4 is 27.3 Å². The van der Waals surface area contributed by atoms with E-state index in [1.54, 1.807) is 36.4 Å². The van der Waals surface area contributed by atoms with Gasteiger partial charge >= 0.3 is 0 Å². The van der Waals surface area contributed by atoms with Gasteiger partial charge in [0.25, 0.3) is 15.9 Å². The smallest absolute Gasteiger partial charge is 0.261 e. The van der Waals surface area contributed by atoms with Gasteiger partial charge in [-0.15, -0.1) is 0 Å². The fourth-order valence-corrected chi connectivity index (χ4v) is 3.99. The molecule has 8 nitrogen and oxygen atoms in total. The maximum atomic E-state index is 14.0. The summed E-state index contributed by atoms with van der Waals surface area (Å²) in [6, 6.07) is 18.2. The first-order valence-corrected chi connectivity index (χ1v) is 10.9. The lowest BCUT2D eigenvalue weighted by molar-refractivity contribution is -0.114. The van der Waals surface area contributed by atoms with Crippen LogP contribution in [0, 0.1) is 5.82 Å². The lowest BCUT2D eigenvalue weighted by Gasteiger charge is -2.09. The number of rotatable bonds is 6. The largest absolute Gasteiger partial charge is 0.334 e. The molecule has 4 aromatic rings. The van der Waals surface area contributed by atoms with Gasteiger partial charge in [0.2, 0.25) is 11.7 Å². The second-order valence-electron chi connectivity index (χ2n) is 6.79. The zero-order chi connectivity index (χ0) is 22.7. The normalized spacial score (nSPS) is 11.2. The van der Waals surface area contributed by atoms with Crippen molar-refractivity contribution in [3.63, 3.8) is 0 Å². The second-order valence-corrected chi connectivity index (χ2v) is 8.48. The first kappa shape index (κ1) is 21.2. The molecule has 0 saturated heterocycles. The number of amides is 1. The molecule has 4 rings (SSSR count). The zero-order valence-electron chi connectivity index (χ0n) is 16.7. The Morgan fingerprint density at radius 2 is 1.72 bits per heavy atom. The minimum Gasteiger partial charge on any atom is -0.334 e. The fraction of sp³-hybridized carbons (Fsp3) is 0.0455. The summed E-state index contributed by atoms with van der Waals surface area (Å²) < 4.78 is 47.1. The molecule has 0 bridgehead atoms. The van der Waals surface area contributed by atoms with Crippen LogP contribution in [0.15, 0.2) is 82.2 Å². The molecular formula is C22H17FN4O4S. The van der Waals surface area contributed by atoms with Gasteiger partial charge in [-0.1, -0.05) is 29.4 Å². The van der Waals surface area contributed by atoms with E-state index in [1.807, 2.05) is 0 Å². The number of nitrogens with zero attached hydrogens (tertiary/aromatic N) is 2. The Balaban J connectivity index is 1.56. The predicted molar refractivity (Wildman–Crippen MR) is 117 cm³/mol. The highest BCUT2D eigenvalue weighted by atomic mass is 32.2. The Bertz CT molecular complexity index is 1390.